The standard InChI is InChI=1S/C14H27NO/c1-12(2)7-6-8-13(3)9-10-15-14(4,5)11-16/h7,9,15-16H,6,8,10-11H2,1-5H3/b13-9+. The van der Waals surface area contributed by atoms with E-state index in [0.717, 1.165) is 19.4 Å². The lowest BCUT2D eigenvalue weighted by Gasteiger charge is -2.22. The van der Waals surface area contributed by atoms with Gasteiger partial charge in [-0.2, -0.15) is 0 Å². The summed E-state index contributed by atoms with van der Waals surface area (Å²) >= 11 is 0. The van der Waals surface area contributed by atoms with Crippen molar-refractivity contribution in [2.45, 2.75) is 53.0 Å². The predicted molar refractivity (Wildman–Crippen MR) is 71.6 cm³/mol. The fourth-order valence-electron chi connectivity index (χ4n) is 1.25. The van der Waals surface area contributed by atoms with Gasteiger partial charge in [0.25, 0.3) is 0 Å². The van der Waals surface area contributed by atoms with Crippen molar-refractivity contribution in [2.24, 2.45) is 0 Å². The minimum atomic E-state index is -0.184. The molecule has 2 heteroatoms. The zero-order chi connectivity index (χ0) is 12.6. The van der Waals surface area contributed by atoms with Crippen LogP contribution in [0.4, 0.5) is 0 Å². The Labute approximate surface area is 100 Å². The molecule has 16 heavy (non-hydrogen) atoms. The molecule has 0 atom stereocenters. The van der Waals surface area contributed by atoms with E-state index in [1.54, 1.807) is 0 Å². The van der Waals surface area contributed by atoms with Gasteiger partial charge >= 0.3 is 0 Å². The molecule has 0 fully saturated rings. The van der Waals surface area contributed by atoms with Gasteiger partial charge in [-0.1, -0.05) is 23.3 Å². The smallest absolute Gasteiger partial charge is 0.0607 e. The highest BCUT2D eigenvalue weighted by Crippen LogP contribution is 2.06. The normalized spacial score (nSPS) is 12.8. The average molecular weight is 225 g/mol. The molecule has 2 nitrogen and oxygen atoms in total. The predicted octanol–water partition coefficient (Wildman–Crippen LogP) is 3.04. The number of aliphatic hydroxyl groups excluding tert-OH is 1. The lowest BCUT2D eigenvalue weighted by molar-refractivity contribution is 0.193. The van der Waals surface area contributed by atoms with E-state index in [1.807, 2.05) is 13.8 Å². The Balaban J connectivity index is 3.83. The minimum absolute atomic E-state index is 0.164. The number of hydrogen-bond donors (Lipinski definition) is 2. The van der Waals surface area contributed by atoms with E-state index in [1.165, 1.54) is 11.1 Å². The van der Waals surface area contributed by atoms with Gasteiger partial charge in [0.1, 0.15) is 0 Å². The summed E-state index contributed by atoms with van der Waals surface area (Å²) in [6.07, 6.45) is 6.71. The quantitative estimate of drug-likeness (QED) is 0.653. The van der Waals surface area contributed by atoms with E-state index in [9.17, 15) is 0 Å². The van der Waals surface area contributed by atoms with Crippen molar-refractivity contribution in [1.82, 2.24) is 5.32 Å². The van der Waals surface area contributed by atoms with Crippen LogP contribution < -0.4 is 5.32 Å². The molecule has 0 saturated carbocycles. The zero-order valence-corrected chi connectivity index (χ0v) is 11.4. The van der Waals surface area contributed by atoms with Crippen molar-refractivity contribution in [1.29, 1.82) is 0 Å². The maximum absolute atomic E-state index is 9.07. The summed E-state index contributed by atoms with van der Waals surface area (Å²) in [4.78, 5) is 0. The summed E-state index contributed by atoms with van der Waals surface area (Å²) < 4.78 is 0. The summed E-state index contributed by atoms with van der Waals surface area (Å²) in [5.74, 6) is 0. The van der Waals surface area contributed by atoms with Gasteiger partial charge in [-0.3, -0.25) is 0 Å². The number of allylic oxidation sites excluding steroid dienone is 3. The molecule has 0 aliphatic heterocycles. The maximum atomic E-state index is 9.07. The molecule has 0 unspecified atom stereocenters. The van der Waals surface area contributed by atoms with E-state index in [0.29, 0.717) is 0 Å². The van der Waals surface area contributed by atoms with E-state index in [4.69, 9.17) is 5.11 Å². The third kappa shape index (κ3) is 8.69. The van der Waals surface area contributed by atoms with Crippen molar-refractivity contribution in [3.63, 3.8) is 0 Å². The number of nitrogens with one attached hydrogen (secondary N) is 1. The van der Waals surface area contributed by atoms with Gasteiger partial charge in [0.2, 0.25) is 0 Å². The van der Waals surface area contributed by atoms with Crippen molar-refractivity contribution >= 4 is 0 Å². The van der Waals surface area contributed by atoms with Crippen LogP contribution in [-0.2, 0) is 0 Å². The molecular formula is C14H27NO. The number of hydrogen-bond acceptors (Lipinski definition) is 2. The average Bonchev–Trinajstić information content (AvgIpc) is 2.17. The molecule has 94 valence electrons. The summed E-state index contributed by atoms with van der Waals surface area (Å²) in [6.45, 7) is 11.4. The Morgan fingerprint density at radius 2 is 1.81 bits per heavy atom. The highest BCUT2D eigenvalue weighted by atomic mass is 16.3. The minimum Gasteiger partial charge on any atom is -0.394 e. The summed E-state index contributed by atoms with van der Waals surface area (Å²) in [6, 6.07) is 0. The molecule has 0 amide bonds. The lowest BCUT2D eigenvalue weighted by Crippen LogP contribution is -2.42. The Morgan fingerprint density at radius 1 is 1.19 bits per heavy atom. The van der Waals surface area contributed by atoms with Crippen LogP contribution >= 0.6 is 0 Å². The van der Waals surface area contributed by atoms with E-state index in [-0.39, 0.29) is 12.1 Å². The largest absolute Gasteiger partial charge is 0.394 e. The Kier molecular flexibility index (Phi) is 7.35. The first-order valence-corrected chi connectivity index (χ1v) is 6.02. The van der Waals surface area contributed by atoms with Crippen LogP contribution in [0, 0.1) is 0 Å². The first kappa shape index (κ1) is 15.4. The SMILES string of the molecule is CC(C)=CCC/C(C)=C/CNC(C)(C)CO. The fraction of sp³-hybridized carbons (Fsp3) is 0.714. The van der Waals surface area contributed by atoms with Crippen LogP contribution in [0.5, 0.6) is 0 Å². The van der Waals surface area contributed by atoms with Crippen molar-refractivity contribution in [3.8, 4) is 0 Å². The highest BCUT2D eigenvalue weighted by Gasteiger charge is 2.13. The maximum Gasteiger partial charge on any atom is 0.0607 e. The monoisotopic (exact) mass is 225 g/mol. The van der Waals surface area contributed by atoms with E-state index >= 15 is 0 Å². The van der Waals surface area contributed by atoms with Crippen LogP contribution in [0.15, 0.2) is 23.3 Å². The number of aliphatic hydroxyl groups is 1. The molecule has 0 spiro atoms. The molecule has 0 rings (SSSR count). The van der Waals surface area contributed by atoms with Crippen molar-refractivity contribution < 1.29 is 5.11 Å². The second-order valence-electron chi connectivity index (χ2n) is 5.29. The fourth-order valence-corrected chi connectivity index (χ4v) is 1.25. The second-order valence-corrected chi connectivity index (χ2v) is 5.29. The molecule has 0 heterocycles. The van der Waals surface area contributed by atoms with Gasteiger partial charge in [-0.15, -0.1) is 0 Å². The molecule has 0 bridgehead atoms. The van der Waals surface area contributed by atoms with Crippen molar-refractivity contribution in [3.05, 3.63) is 23.3 Å². The van der Waals surface area contributed by atoms with Crippen LogP contribution in [0.25, 0.3) is 0 Å². The molecule has 0 aromatic rings. The molecule has 2 N–H and O–H groups in total. The zero-order valence-electron chi connectivity index (χ0n) is 11.4. The third-order valence-electron chi connectivity index (χ3n) is 2.52. The summed E-state index contributed by atoms with van der Waals surface area (Å²) in [5, 5.41) is 12.4. The highest BCUT2D eigenvalue weighted by molar-refractivity contribution is 5.03. The Hall–Kier alpha value is -0.600. The van der Waals surface area contributed by atoms with Gasteiger partial charge in [0.05, 0.1) is 6.61 Å². The van der Waals surface area contributed by atoms with E-state index in [2.05, 4.69) is 38.2 Å². The molecule has 0 radical (unpaired) electrons. The Bertz CT molecular complexity index is 247. The molecular weight excluding hydrogens is 198 g/mol. The van der Waals surface area contributed by atoms with Gasteiger partial charge < -0.3 is 10.4 Å². The topological polar surface area (TPSA) is 32.3 Å². The first-order valence-electron chi connectivity index (χ1n) is 6.02. The molecule has 0 saturated heterocycles. The van der Waals surface area contributed by atoms with Gasteiger partial charge in [0.15, 0.2) is 0 Å². The van der Waals surface area contributed by atoms with Crippen LogP contribution in [0.1, 0.15) is 47.5 Å². The first-order chi connectivity index (χ1) is 7.37. The summed E-state index contributed by atoms with van der Waals surface area (Å²) in [5.41, 5.74) is 2.60. The Morgan fingerprint density at radius 3 is 2.31 bits per heavy atom. The van der Waals surface area contributed by atoms with Crippen LogP contribution in [0.3, 0.4) is 0 Å². The van der Waals surface area contributed by atoms with Gasteiger partial charge in [0, 0.05) is 12.1 Å². The molecule has 0 aliphatic rings. The van der Waals surface area contributed by atoms with Crippen molar-refractivity contribution in [2.75, 3.05) is 13.2 Å². The molecule has 0 aromatic carbocycles. The van der Waals surface area contributed by atoms with Crippen LogP contribution in [-0.4, -0.2) is 23.8 Å². The number of rotatable bonds is 7. The molecule has 0 aliphatic carbocycles. The lowest BCUT2D eigenvalue weighted by atomic mass is 10.1. The third-order valence-corrected chi connectivity index (χ3v) is 2.52. The van der Waals surface area contributed by atoms with E-state index < -0.39 is 0 Å². The van der Waals surface area contributed by atoms with Crippen LogP contribution in [0.2, 0.25) is 0 Å². The molecule has 0 aromatic heterocycles. The van der Waals surface area contributed by atoms with Gasteiger partial charge in [-0.05, 0) is 47.5 Å². The van der Waals surface area contributed by atoms with Gasteiger partial charge in [-0.25, -0.2) is 0 Å². The summed E-state index contributed by atoms with van der Waals surface area (Å²) in [7, 11) is 0. The second kappa shape index (κ2) is 7.64.